The van der Waals surface area contributed by atoms with Gasteiger partial charge in [0.05, 0.1) is 6.42 Å². The van der Waals surface area contributed by atoms with Gasteiger partial charge in [0.2, 0.25) is 5.89 Å². The Hall–Kier alpha value is -1.75. The Morgan fingerprint density at radius 3 is 3.00 bits per heavy atom. The van der Waals surface area contributed by atoms with Gasteiger partial charge in [-0.1, -0.05) is 18.1 Å². The Kier molecular flexibility index (Phi) is 3.82. The van der Waals surface area contributed by atoms with Crippen molar-refractivity contribution in [3.05, 3.63) is 41.8 Å². The lowest BCUT2D eigenvalue weighted by Gasteiger charge is -2.01. The van der Waals surface area contributed by atoms with E-state index in [-0.39, 0.29) is 0 Å². The Labute approximate surface area is 100 Å². The zero-order chi connectivity index (χ0) is 12.1. The first-order valence-electron chi connectivity index (χ1n) is 5.69. The smallest absolute Gasteiger partial charge is 0.226 e. The molecule has 0 aromatic carbocycles. The molecule has 0 saturated carbocycles. The maximum atomic E-state index is 5.55. The summed E-state index contributed by atoms with van der Waals surface area (Å²) in [5.41, 5.74) is 6.49. The van der Waals surface area contributed by atoms with E-state index in [2.05, 4.69) is 22.0 Å². The quantitative estimate of drug-likeness (QED) is 0.837. The van der Waals surface area contributed by atoms with Crippen molar-refractivity contribution in [2.24, 2.45) is 11.7 Å². The zero-order valence-corrected chi connectivity index (χ0v) is 9.84. The van der Waals surface area contributed by atoms with Crippen molar-refractivity contribution in [2.45, 2.75) is 19.8 Å². The van der Waals surface area contributed by atoms with Crippen molar-refractivity contribution in [1.29, 1.82) is 0 Å². The largest absolute Gasteiger partial charge is 0.339 e. The highest BCUT2D eigenvalue weighted by Gasteiger charge is 2.10. The molecule has 0 aliphatic carbocycles. The highest BCUT2D eigenvalue weighted by atomic mass is 16.5. The van der Waals surface area contributed by atoms with Crippen LogP contribution in [0, 0.1) is 5.92 Å². The standard InChI is InChI=1S/C12H16N4O/c1-9(8-13)6-12-15-11(16-17-12)7-10-4-2-3-5-14-10/h2-5,9H,6-8,13H2,1H3. The number of hydrogen-bond acceptors (Lipinski definition) is 5. The van der Waals surface area contributed by atoms with Gasteiger partial charge < -0.3 is 10.3 Å². The third kappa shape index (κ3) is 3.35. The average molecular weight is 232 g/mol. The highest BCUT2D eigenvalue weighted by molar-refractivity contribution is 5.09. The third-order valence-corrected chi connectivity index (χ3v) is 2.50. The number of nitrogens with two attached hydrogens (primary N) is 1. The molecule has 90 valence electrons. The lowest BCUT2D eigenvalue weighted by atomic mass is 10.1. The molecule has 0 bridgehead atoms. The fourth-order valence-corrected chi connectivity index (χ4v) is 1.49. The first kappa shape index (κ1) is 11.7. The van der Waals surface area contributed by atoms with Gasteiger partial charge in [0.15, 0.2) is 5.82 Å². The van der Waals surface area contributed by atoms with Gasteiger partial charge >= 0.3 is 0 Å². The third-order valence-electron chi connectivity index (χ3n) is 2.50. The van der Waals surface area contributed by atoms with E-state index in [0.717, 1.165) is 12.1 Å². The van der Waals surface area contributed by atoms with Crippen LogP contribution in [0.2, 0.25) is 0 Å². The number of rotatable bonds is 5. The molecule has 0 fully saturated rings. The lowest BCUT2D eigenvalue weighted by molar-refractivity contribution is 0.356. The summed E-state index contributed by atoms with van der Waals surface area (Å²) in [5.74, 6) is 1.68. The second-order valence-corrected chi connectivity index (χ2v) is 4.15. The molecule has 2 N–H and O–H groups in total. The molecule has 5 heteroatoms. The van der Waals surface area contributed by atoms with E-state index in [1.165, 1.54) is 0 Å². The van der Waals surface area contributed by atoms with Crippen molar-refractivity contribution in [1.82, 2.24) is 15.1 Å². The summed E-state index contributed by atoms with van der Waals surface area (Å²) >= 11 is 0. The van der Waals surface area contributed by atoms with Crippen LogP contribution < -0.4 is 5.73 Å². The molecule has 0 saturated heterocycles. The van der Waals surface area contributed by atoms with E-state index < -0.39 is 0 Å². The molecule has 0 aliphatic rings. The summed E-state index contributed by atoms with van der Waals surface area (Å²) in [4.78, 5) is 8.54. The minimum absolute atomic E-state index is 0.359. The van der Waals surface area contributed by atoms with Crippen molar-refractivity contribution in [3.8, 4) is 0 Å². The Morgan fingerprint density at radius 1 is 1.41 bits per heavy atom. The Bertz CT molecular complexity index is 455. The van der Waals surface area contributed by atoms with Crippen LogP contribution in [0.1, 0.15) is 24.3 Å². The van der Waals surface area contributed by atoms with Crippen LogP contribution in [-0.2, 0) is 12.8 Å². The van der Waals surface area contributed by atoms with Crippen LogP contribution in [0.3, 0.4) is 0 Å². The second kappa shape index (κ2) is 5.54. The molecule has 17 heavy (non-hydrogen) atoms. The first-order valence-corrected chi connectivity index (χ1v) is 5.69. The molecule has 0 spiro atoms. The predicted octanol–water partition coefficient (Wildman–Crippen LogP) is 1.19. The van der Waals surface area contributed by atoms with Crippen molar-refractivity contribution >= 4 is 0 Å². The maximum absolute atomic E-state index is 5.55. The highest BCUT2D eigenvalue weighted by Crippen LogP contribution is 2.08. The van der Waals surface area contributed by atoms with Crippen molar-refractivity contribution in [3.63, 3.8) is 0 Å². The molecule has 1 atom stereocenters. The minimum atomic E-state index is 0.359. The van der Waals surface area contributed by atoms with Gasteiger partial charge in [-0.25, -0.2) is 0 Å². The van der Waals surface area contributed by atoms with Gasteiger partial charge in [0.25, 0.3) is 0 Å². The van der Waals surface area contributed by atoms with Crippen LogP contribution in [0.5, 0.6) is 0 Å². The normalized spacial score (nSPS) is 12.6. The van der Waals surface area contributed by atoms with E-state index in [4.69, 9.17) is 10.3 Å². The monoisotopic (exact) mass is 232 g/mol. The molecule has 0 amide bonds. The number of aromatic nitrogens is 3. The van der Waals surface area contributed by atoms with Gasteiger partial charge in [0.1, 0.15) is 0 Å². The van der Waals surface area contributed by atoms with Crippen LogP contribution in [-0.4, -0.2) is 21.7 Å². The van der Waals surface area contributed by atoms with E-state index in [1.54, 1.807) is 6.20 Å². The van der Waals surface area contributed by atoms with E-state index in [1.807, 2.05) is 18.2 Å². The first-order chi connectivity index (χ1) is 8.28. The molecule has 2 aromatic rings. The maximum Gasteiger partial charge on any atom is 0.226 e. The average Bonchev–Trinajstić information content (AvgIpc) is 2.77. The lowest BCUT2D eigenvalue weighted by Crippen LogP contribution is -2.13. The summed E-state index contributed by atoms with van der Waals surface area (Å²) in [6, 6.07) is 5.77. The van der Waals surface area contributed by atoms with Gasteiger partial charge in [-0.2, -0.15) is 4.98 Å². The van der Waals surface area contributed by atoms with Gasteiger partial charge in [-0.05, 0) is 24.6 Å². The molecule has 5 nitrogen and oxygen atoms in total. The van der Waals surface area contributed by atoms with Crippen LogP contribution in [0.15, 0.2) is 28.9 Å². The Balaban J connectivity index is 1.99. The SMILES string of the molecule is CC(CN)Cc1nc(Cc2ccccn2)no1. The number of hydrogen-bond donors (Lipinski definition) is 1. The fraction of sp³-hybridized carbons (Fsp3) is 0.417. The summed E-state index contributed by atoms with van der Waals surface area (Å²) in [5, 5.41) is 3.93. The minimum Gasteiger partial charge on any atom is -0.339 e. The molecule has 1 unspecified atom stereocenters. The molecule has 0 radical (unpaired) electrons. The van der Waals surface area contributed by atoms with Gasteiger partial charge in [-0.15, -0.1) is 0 Å². The van der Waals surface area contributed by atoms with E-state index >= 15 is 0 Å². The number of pyridine rings is 1. The summed E-state index contributed by atoms with van der Waals surface area (Å²) in [7, 11) is 0. The molecular formula is C12H16N4O. The Morgan fingerprint density at radius 2 is 2.29 bits per heavy atom. The van der Waals surface area contributed by atoms with Gasteiger partial charge in [0, 0.05) is 18.3 Å². The molecule has 2 aromatic heterocycles. The van der Waals surface area contributed by atoms with E-state index in [0.29, 0.717) is 30.6 Å². The fourth-order valence-electron chi connectivity index (χ4n) is 1.49. The molecule has 0 aliphatic heterocycles. The second-order valence-electron chi connectivity index (χ2n) is 4.15. The molecular weight excluding hydrogens is 216 g/mol. The topological polar surface area (TPSA) is 77.8 Å². The summed E-state index contributed by atoms with van der Waals surface area (Å²) < 4.78 is 5.16. The van der Waals surface area contributed by atoms with Crippen molar-refractivity contribution < 1.29 is 4.52 Å². The van der Waals surface area contributed by atoms with Crippen LogP contribution >= 0.6 is 0 Å². The van der Waals surface area contributed by atoms with E-state index in [9.17, 15) is 0 Å². The van der Waals surface area contributed by atoms with Crippen LogP contribution in [0.25, 0.3) is 0 Å². The van der Waals surface area contributed by atoms with Crippen molar-refractivity contribution in [2.75, 3.05) is 6.54 Å². The van der Waals surface area contributed by atoms with Crippen LogP contribution in [0.4, 0.5) is 0 Å². The summed E-state index contributed by atoms with van der Waals surface area (Å²) in [6.45, 7) is 2.68. The summed E-state index contributed by atoms with van der Waals surface area (Å²) in [6.07, 6.45) is 3.08. The number of nitrogens with zero attached hydrogens (tertiary/aromatic N) is 3. The zero-order valence-electron chi connectivity index (χ0n) is 9.84. The molecule has 2 heterocycles. The molecule has 2 rings (SSSR count). The predicted molar refractivity (Wildman–Crippen MR) is 63.3 cm³/mol. The van der Waals surface area contributed by atoms with Gasteiger partial charge in [-0.3, -0.25) is 4.98 Å².